The number of carbonyl (C=O) groups is 1. The van der Waals surface area contributed by atoms with E-state index >= 15 is 0 Å². The largest absolute Gasteiger partial charge is 0.480 e. The molecule has 0 radical (unpaired) electrons. The maximum absolute atomic E-state index is 13.7. The average Bonchev–Trinajstić information content (AvgIpc) is 3.49. The second-order valence-electron chi connectivity index (χ2n) is 7.99. The van der Waals surface area contributed by atoms with Gasteiger partial charge in [0.15, 0.2) is 5.82 Å². The number of methoxy groups -OCH3 is 1. The lowest BCUT2D eigenvalue weighted by Gasteiger charge is -2.10. The zero-order valence-corrected chi connectivity index (χ0v) is 19.3. The van der Waals surface area contributed by atoms with E-state index < -0.39 is 23.2 Å². The van der Waals surface area contributed by atoms with Gasteiger partial charge in [0.25, 0.3) is 5.91 Å². The van der Waals surface area contributed by atoms with Crippen LogP contribution in [0.2, 0.25) is 0 Å². The van der Waals surface area contributed by atoms with Crippen LogP contribution in [0, 0.1) is 0 Å². The molecule has 0 aliphatic carbocycles. The minimum Gasteiger partial charge on any atom is -0.480 e. The average molecular weight is 508 g/mol. The van der Waals surface area contributed by atoms with Crippen molar-refractivity contribution in [3.05, 3.63) is 84.1 Å². The zero-order valence-electron chi connectivity index (χ0n) is 19.3. The number of alkyl halides is 3. The number of hydrogen-bond donors (Lipinski definition) is 2. The molecule has 0 saturated heterocycles. The van der Waals surface area contributed by atoms with Gasteiger partial charge < -0.3 is 15.8 Å². The first kappa shape index (κ1) is 23.8. The number of hydrogen-bond acceptors (Lipinski definition) is 7. The summed E-state index contributed by atoms with van der Waals surface area (Å²) in [5.74, 6) is -0.930. The van der Waals surface area contributed by atoms with Gasteiger partial charge in [-0.1, -0.05) is 30.3 Å². The zero-order chi connectivity index (χ0) is 26.2. The highest BCUT2D eigenvalue weighted by molar-refractivity contribution is 6.06. The van der Waals surface area contributed by atoms with Crippen LogP contribution in [0.1, 0.15) is 21.5 Å². The number of anilines is 2. The standard InChI is InChI=1S/C24H19F3N8O2/c1-37-23-17(22(36)33-16-10-31-34(12-16)11-14-5-3-2-4-6-14)7-15(9-29-23)19-8-18(24(25,26)27)20-21(28)30-13-32-35(19)20/h2-10,12-13H,11H2,1H3,(H,33,36)(H2,28,30,32). The summed E-state index contributed by atoms with van der Waals surface area (Å²) in [5, 5.41) is 10.9. The molecule has 0 spiro atoms. The summed E-state index contributed by atoms with van der Waals surface area (Å²) in [6.07, 6.45) is 0.769. The van der Waals surface area contributed by atoms with Crippen LogP contribution in [-0.4, -0.2) is 42.4 Å². The van der Waals surface area contributed by atoms with Crippen molar-refractivity contribution in [2.75, 3.05) is 18.2 Å². The third-order valence-corrected chi connectivity index (χ3v) is 5.55. The molecule has 10 nitrogen and oxygen atoms in total. The van der Waals surface area contributed by atoms with Gasteiger partial charge in [0.1, 0.15) is 17.4 Å². The van der Waals surface area contributed by atoms with Gasteiger partial charge in [-0.25, -0.2) is 14.5 Å². The summed E-state index contributed by atoms with van der Waals surface area (Å²) in [6.45, 7) is 0.505. The minimum absolute atomic E-state index is 0.00125. The van der Waals surface area contributed by atoms with Crippen LogP contribution >= 0.6 is 0 Å². The minimum atomic E-state index is -4.71. The van der Waals surface area contributed by atoms with E-state index in [4.69, 9.17) is 10.5 Å². The van der Waals surface area contributed by atoms with E-state index in [1.807, 2.05) is 30.3 Å². The van der Waals surface area contributed by atoms with Gasteiger partial charge in [0, 0.05) is 18.0 Å². The SMILES string of the molecule is COc1ncc(-c2cc(C(F)(F)F)c3c(N)ncnn23)cc1C(=O)Nc1cnn(Cc2ccccc2)c1. The van der Waals surface area contributed by atoms with Gasteiger partial charge in [-0.2, -0.15) is 23.4 Å². The van der Waals surface area contributed by atoms with Crippen LogP contribution in [0.25, 0.3) is 16.8 Å². The van der Waals surface area contributed by atoms with Crippen molar-refractivity contribution in [3.63, 3.8) is 0 Å². The molecule has 0 aliphatic rings. The summed E-state index contributed by atoms with van der Waals surface area (Å²) in [4.78, 5) is 20.9. The number of nitrogens with zero attached hydrogens (tertiary/aromatic N) is 6. The third kappa shape index (κ3) is 4.66. The molecule has 0 aliphatic heterocycles. The predicted molar refractivity (Wildman–Crippen MR) is 128 cm³/mol. The quantitative estimate of drug-likeness (QED) is 0.356. The molecule has 5 rings (SSSR count). The van der Waals surface area contributed by atoms with E-state index in [1.165, 1.54) is 25.6 Å². The van der Waals surface area contributed by atoms with Crippen molar-refractivity contribution >= 4 is 22.9 Å². The molecule has 4 heterocycles. The summed E-state index contributed by atoms with van der Waals surface area (Å²) in [5.41, 5.74) is 5.99. The van der Waals surface area contributed by atoms with Gasteiger partial charge in [-0.3, -0.25) is 9.48 Å². The van der Waals surface area contributed by atoms with Crippen molar-refractivity contribution in [3.8, 4) is 17.1 Å². The Hall–Kier alpha value is -4.94. The predicted octanol–water partition coefficient (Wildman–Crippen LogP) is 3.90. The Morgan fingerprint density at radius 2 is 1.89 bits per heavy atom. The number of nitrogens with two attached hydrogens (primary N) is 1. The van der Waals surface area contributed by atoms with Crippen LogP contribution in [-0.2, 0) is 12.7 Å². The number of nitrogen functional groups attached to an aromatic ring is 1. The Balaban J connectivity index is 1.48. The molecule has 1 aromatic carbocycles. The molecule has 0 unspecified atom stereocenters. The lowest BCUT2D eigenvalue weighted by Crippen LogP contribution is -2.14. The number of amides is 1. The number of fused-ring (bicyclic) bond motifs is 1. The Labute approximate surface area is 207 Å². The van der Waals surface area contributed by atoms with E-state index in [2.05, 4.69) is 25.5 Å². The number of halogens is 3. The lowest BCUT2D eigenvalue weighted by atomic mass is 10.1. The third-order valence-electron chi connectivity index (χ3n) is 5.55. The molecule has 1 amide bonds. The van der Waals surface area contributed by atoms with Crippen molar-refractivity contribution in [1.29, 1.82) is 0 Å². The molecule has 0 atom stereocenters. The first-order valence-electron chi connectivity index (χ1n) is 10.9. The molecule has 188 valence electrons. The summed E-state index contributed by atoms with van der Waals surface area (Å²) < 4.78 is 49.0. The maximum atomic E-state index is 13.7. The fraction of sp³-hybridized carbons (Fsp3) is 0.125. The fourth-order valence-corrected chi connectivity index (χ4v) is 3.89. The molecule has 5 aromatic rings. The van der Waals surface area contributed by atoms with E-state index in [0.717, 1.165) is 22.5 Å². The molecule has 0 bridgehead atoms. The first-order valence-corrected chi connectivity index (χ1v) is 10.9. The Morgan fingerprint density at radius 1 is 1.11 bits per heavy atom. The van der Waals surface area contributed by atoms with E-state index in [0.29, 0.717) is 12.2 Å². The normalized spacial score (nSPS) is 11.6. The van der Waals surface area contributed by atoms with Crippen molar-refractivity contribution in [2.24, 2.45) is 0 Å². The van der Waals surface area contributed by atoms with Crippen LogP contribution in [0.15, 0.2) is 67.4 Å². The van der Waals surface area contributed by atoms with Crippen LogP contribution in [0.4, 0.5) is 24.7 Å². The Kier molecular flexibility index (Phi) is 5.95. The summed E-state index contributed by atoms with van der Waals surface area (Å²) >= 11 is 0. The fourth-order valence-electron chi connectivity index (χ4n) is 3.89. The summed E-state index contributed by atoms with van der Waals surface area (Å²) in [6, 6.07) is 11.9. The Morgan fingerprint density at radius 3 is 2.62 bits per heavy atom. The highest BCUT2D eigenvalue weighted by Crippen LogP contribution is 2.39. The van der Waals surface area contributed by atoms with Crippen LogP contribution in [0.5, 0.6) is 5.88 Å². The molecule has 0 fully saturated rings. The molecule has 4 aromatic heterocycles. The van der Waals surface area contributed by atoms with Crippen molar-refractivity contribution in [1.82, 2.24) is 29.4 Å². The molecule has 37 heavy (non-hydrogen) atoms. The van der Waals surface area contributed by atoms with Crippen LogP contribution in [0.3, 0.4) is 0 Å². The van der Waals surface area contributed by atoms with Gasteiger partial charge in [-0.05, 0) is 17.7 Å². The van der Waals surface area contributed by atoms with E-state index in [1.54, 1.807) is 10.9 Å². The summed E-state index contributed by atoms with van der Waals surface area (Å²) in [7, 11) is 1.33. The van der Waals surface area contributed by atoms with E-state index in [-0.39, 0.29) is 28.5 Å². The lowest BCUT2D eigenvalue weighted by molar-refractivity contribution is -0.136. The monoisotopic (exact) mass is 508 g/mol. The first-order chi connectivity index (χ1) is 17.7. The second-order valence-corrected chi connectivity index (χ2v) is 7.99. The number of pyridine rings is 1. The van der Waals surface area contributed by atoms with Gasteiger partial charge in [0.05, 0.1) is 36.8 Å². The number of carbonyl (C=O) groups excluding carboxylic acids is 1. The Bertz CT molecular complexity index is 1600. The smallest absolute Gasteiger partial charge is 0.418 e. The van der Waals surface area contributed by atoms with Crippen molar-refractivity contribution in [2.45, 2.75) is 12.7 Å². The topological polar surface area (TPSA) is 125 Å². The molecular formula is C24H19F3N8O2. The molecular weight excluding hydrogens is 489 g/mol. The number of aromatic nitrogens is 6. The van der Waals surface area contributed by atoms with Crippen LogP contribution < -0.4 is 15.8 Å². The second kappa shape index (κ2) is 9.26. The molecule has 0 saturated carbocycles. The van der Waals surface area contributed by atoms with Gasteiger partial charge in [0.2, 0.25) is 5.88 Å². The van der Waals surface area contributed by atoms with Crippen molar-refractivity contribution < 1.29 is 22.7 Å². The van der Waals surface area contributed by atoms with E-state index in [9.17, 15) is 18.0 Å². The van der Waals surface area contributed by atoms with Gasteiger partial charge in [-0.15, -0.1) is 0 Å². The number of rotatable bonds is 6. The number of nitrogens with one attached hydrogen (secondary N) is 1. The highest BCUT2D eigenvalue weighted by atomic mass is 19.4. The molecule has 13 heteroatoms. The number of benzene rings is 1. The maximum Gasteiger partial charge on any atom is 0.418 e. The highest BCUT2D eigenvalue weighted by Gasteiger charge is 2.36. The molecule has 3 N–H and O–H groups in total. The number of ether oxygens (including phenoxy) is 1. The van der Waals surface area contributed by atoms with Gasteiger partial charge >= 0.3 is 6.18 Å².